The molecule has 0 saturated heterocycles. The van der Waals surface area contributed by atoms with E-state index >= 15 is 0 Å². The quantitative estimate of drug-likeness (QED) is 0.468. The number of halogens is 1. The Balaban J connectivity index is 1.92. The van der Waals surface area contributed by atoms with E-state index in [2.05, 4.69) is 12.1 Å². The van der Waals surface area contributed by atoms with E-state index < -0.39 is 28.3 Å². The van der Waals surface area contributed by atoms with Crippen LogP contribution in [0.25, 0.3) is 0 Å². The van der Waals surface area contributed by atoms with Gasteiger partial charge in [-0.1, -0.05) is 48.5 Å². The topological polar surface area (TPSA) is 97.3 Å². The van der Waals surface area contributed by atoms with Crippen molar-refractivity contribution in [2.24, 2.45) is 10.4 Å². The maximum Gasteiger partial charge on any atom is 0.245 e. The standard InChI is InChI=1S/C30H21FN4O2/c1-18-8-7-9-19(2)26(18)34-25-15-23(27(36)20-10-5-4-6-11-20)30(29(25,16-32)17-33)22-14-21(31)12-13-24(22)35(3)28(30)37/h4-15H,1-3H3/t30-/m0/s1. The van der Waals surface area contributed by atoms with Crippen molar-refractivity contribution < 1.29 is 14.0 Å². The fourth-order valence-corrected chi connectivity index (χ4v) is 5.45. The molecule has 0 fully saturated rings. The molecule has 2 aliphatic rings. The number of fused-ring (bicyclic) bond motifs is 2. The highest BCUT2D eigenvalue weighted by Gasteiger charge is 2.72. The summed E-state index contributed by atoms with van der Waals surface area (Å²) in [5, 5.41) is 21.3. The Morgan fingerprint density at radius 3 is 2.24 bits per heavy atom. The van der Waals surface area contributed by atoms with Gasteiger partial charge in [-0.2, -0.15) is 10.5 Å². The van der Waals surface area contributed by atoms with Crippen LogP contribution in [0.5, 0.6) is 0 Å². The SMILES string of the molecule is Cc1cccc(C)c1N=C1C=C(C(=O)c2ccccc2)[C@@]2(C(=O)N(C)c3ccc(F)cc32)C1(C#N)C#N. The molecule has 0 unspecified atom stereocenters. The highest BCUT2D eigenvalue weighted by Crippen LogP contribution is 2.60. The molecule has 3 aromatic rings. The van der Waals surface area contributed by atoms with Crippen LogP contribution in [0.1, 0.15) is 27.0 Å². The third-order valence-corrected chi connectivity index (χ3v) is 7.27. The molecule has 1 amide bonds. The number of carbonyl (C=O) groups is 2. The number of Topliss-reactive ketones (excluding diaryl/α,β-unsaturated/α-hetero) is 1. The van der Waals surface area contributed by atoms with E-state index in [9.17, 15) is 24.5 Å². The third-order valence-electron chi connectivity index (χ3n) is 7.27. The van der Waals surface area contributed by atoms with Crippen LogP contribution >= 0.6 is 0 Å². The number of para-hydroxylation sites is 1. The number of rotatable bonds is 3. The number of carbonyl (C=O) groups excluding carboxylic acids is 2. The average molecular weight is 489 g/mol. The largest absolute Gasteiger partial charge is 0.314 e. The summed E-state index contributed by atoms with van der Waals surface area (Å²) in [6.45, 7) is 3.69. The molecule has 1 atom stereocenters. The molecule has 180 valence electrons. The highest BCUT2D eigenvalue weighted by molar-refractivity contribution is 6.30. The summed E-state index contributed by atoms with van der Waals surface area (Å²) in [6, 6.07) is 21.7. The van der Waals surface area contributed by atoms with Crippen LogP contribution in [0.3, 0.4) is 0 Å². The number of benzene rings is 3. The zero-order chi connectivity index (χ0) is 26.5. The minimum absolute atomic E-state index is 0.0342. The molecule has 5 rings (SSSR count). The van der Waals surface area contributed by atoms with E-state index in [1.165, 1.54) is 30.2 Å². The zero-order valence-electron chi connectivity index (χ0n) is 20.4. The van der Waals surface area contributed by atoms with Gasteiger partial charge in [0.05, 0.1) is 23.5 Å². The highest BCUT2D eigenvalue weighted by atomic mass is 19.1. The molecule has 6 nitrogen and oxygen atoms in total. The van der Waals surface area contributed by atoms with E-state index in [0.29, 0.717) is 11.4 Å². The first-order valence-corrected chi connectivity index (χ1v) is 11.6. The van der Waals surface area contributed by atoms with Crippen molar-refractivity contribution in [3.63, 3.8) is 0 Å². The van der Waals surface area contributed by atoms with Crippen molar-refractivity contribution in [1.82, 2.24) is 0 Å². The number of hydrogen-bond donors (Lipinski definition) is 0. The zero-order valence-corrected chi connectivity index (χ0v) is 20.4. The summed E-state index contributed by atoms with van der Waals surface area (Å²) < 4.78 is 14.7. The molecule has 0 radical (unpaired) electrons. The lowest BCUT2D eigenvalue weighted by atomic mass is 9.59. The Morgan fingerprint density at radius 1 is 0.973 bits per heavy atom. The molecule has 1 spiro atoms. The number of aryl methyl sites for hydroxylation is 2. The van der Waals surface area contributed by atoms with Gasteiger partial charge in [0.25, 0.3) is 0 Å². The smallest absolute Gasteiger partial charge is 0.245 e. The monoisotopic (exact) mass is 488 g/mol. The van der Waals surface area contributed by atoms with Gasteiger partial charge in [0.15, 0.2) is 5.78 Å². The Hall–Kier alpha value is -4.88. The summed E-state index contributed by atoms with van der Waals surface area (Å²) in [5.74, 6) is -1.86. The van der Waals surface area contributed by atoms with Crippen LogP contribution in [0.4, 0.5) is 15.8 Å². The number of allylic oxidation sites excluding steroid dienone is 1. The number of nitriles is 2. The number of aliphatic imine (C=N–C) groups is 1. The van der Waals surface area contributed by atoms with Crippen molar-refractivity contribution in [3.8, 4) is 12.1 Å². The van der Waals surface area contributed by atoms with Gasteiger partial charge in [0.2, 0.25) is 11.3 Å². The molecule has 0 N–H and O–H groups in total. The maximum absolute atomic E-state index is 14.7. The molecule has 1 aliphatic carbocycles. The van der Waals surface area contributed by atoms with E-state index in [1.807, 2.05) is 32.0 Å². The lowest BCUT2D eigenvalue weighted by molar-refractivity contribution is -0.122. The summed E-state index contributed by atoms with van der Waals surface area (Å²) >= 11 is 0. The second-order valence-corrected chi connectivity index (χ2v) is 9.24. The van der Waals surface area contributed by atoms with Gasteiger partial charge in [0.1, 0.15) is 11.2 Å². The molecule has 1 heterocycles. The predicted octanol–water partition coefficient (Wildman–Crippen LogP) is 5.29. The number of hydrogen-bond acceptors (Lipinski definition) is 5. The number of likely N-dealkylation sites (N-methyl/N-ethyl adjacent to an activating group) is 1. The van der Waals surface area contributed by atoms with Crippen LogP contribution in [-0.2, 0) is 10.2 Å². The molecule has 3 aromatic carbocycles. The molecule has 7 heteroatoms. The lowest BCUT2D eigenvalue weighted by Gasteiger charge is -2.34. The molecule has 1 aliphatic heterocycles. The van der Waals surface area contributed by atoms with E-state index in [-0.39, 0.29) is 22.4 Å². The van der Waals surface area contributed by atoms with Gasteiger partial charge >= 0.3 is 0 Å². The van der Waals surface area contributed by atoms with Crippen LogP contribution in [0.15, 0.2) is 83.4 Å². The molecule has 0 saturated carbocycles. The fraction of sp³-hybridized carbons (Fsp3) is 0.167. The molecule has 37 heavy (non-hydrogen) atoms. The van der Waals surface area contributed by atoms with Crippen molar-refractivity contribution >= 4 is 28.8 Å². The van der Waals surface area contributed by atoms with Gasteiger partial charge in [-0.3, -0.25) is 9.59 Å². The van der Waals surface area contributed by atoms with E-state index in [0.717, 1.165) is 17.2 Å². The van der Waals surface area contributed by atoms with Gasteiger partial charge < -0.3 is 4.90 Å². The van der Waals surface area contributed by atoms with E-state index in [1.54, 1.807) is 30.3 Å². The van der Waals surface area contributed by atoms with Crippen molar-refractivity contribution in [2.75, 3.05) is 11.9 Å². The minimum atomic E-state index is -2.23. The van der Waals surface area contributed by atoms with Gasteiger partial charge in [0, 0.05) is 29.4 Å². The first kappa shape index (κ1) is 23.8. The second kappa shape index (κ2) is 8.36. The Bertz CT molecular complexity index is 1610. The van der Waals surface area contributed by atoms with Crippen molar-refractivity contribution in [3.05, 3.63) is 106 Å². The van der Waals surface area contributed by atoms with E-state index in [4.69, 9.17) is 4.99 Å². The first-order valence-electron chi connectivity index (χ1n) is 11.6. The minimum Gasteiger partial charge on any atom is -0.314 e. The summed E-state index contributed by atoms with van der Waals surface area (Å²) in [4.78, 5) is 34.2. The molecule has 0 bridgehead atoms. The molecular formula is C30H21FN4O2. The van der Waals surface area contributed by atoms with Crippen LogP contribution < -0.4 is 4.90 Å². The lowest BCUT2D eigenvalue weighted by Crippen LogP contribution is -2.53. The summed E-state index contributed by atoms with van der Waals surface area (Å²) in [5.41, 5.74) is -1.66. The second-order valence-electron chi connectivity index (χ2n) is 9.24. The Labute approximate surface area is 213 Å². The number of ketones is 1. The summed E-state index contributed by atoms with van der Waals surface area (Å²) in [6.07, 6.45) is 1.37. The van der Waals surface area contributed by atoms with Gasteiger partial charge in [-0.05, 0) is 49.2 Å². The Kier molecular flexibility index (Phi) is 5.39. The molecular weight excluding hydrogens is 467 g/mol. The van der Waals surface area contributed by atoms with Crippen LogP contribution in [-0.4, -0.2) is 24.4 Å². The average Bonchev–Trinajstić information content (AvgIpc) is 3.31. The fourth-order valence-electron chi connectivity index (χ4n) is 5.45. The normalized spacial score (nSPS) is 20.5. The van der Waals surface area contributed by atoms with Gasteiger partial charge in [-0.15, -0.1) is 0 Å². The number of anilines is 1. The number of amides is 1. The van der Waals surface area contributed by atoms with Crippen LogP contribution in [0, 0.1) is 47.7 Å². The third kappa shape index (κ3) is 3.04. The maximum atomic E-state index is 14.7. The Morgan fingerprint density at radius 2 is 1.62 bits per heavy atom. The van der Waals surface area contributed by atoms with Gasteiger partial charge in [-0.25, -0.2) is 9.38 Å². The van der Waals surface area contributed by atoms with Crippen LogP contribution in [0.2, 0.25) is 0 Å². The summed E-state index contributed by atoms with van der Waals surface area (Å²) in [7, 11) is 1.48. The molecule has 0 aromatic heterocycles. The van der Waals surface area contributed by atoms with Crippen molar-refractivity contribution in [2.45, 2.75) is 19.3 Å². The predicted molar refractivity (Wildman–Crippen MR) is 137 cm³/mol. The van der Waals surface area contributed by atoms with Crippen molar-refractivity contribution in [1.29, 1.82) is 10.5 Å². The number of nitrogens with zero attached hydrogens (tertiary/aromatic N) is 4. The first-order chi connectivity index (χ1) is 17.7.